The van der Waals surface area contributed by atoms with Crippen LogP contribution in [0.2, 0.25) is 0 Å². The number of aryl methyl sites for hydroxylation is 2. The molecule has 6 rings (SSSR count). The van der Waals surface area contributed by atoms with E-state index in [1.54, 1.807) is 38.3 Å². The highest BCUT2D eigenvalue weighted by Gasteiger charge is 2.49. The van der Waals surface area contributed by atoms with Crippen molar-refractivity contribution in [2.45, 2.75) is 19.9 Å². The maximum absolute atomic E-state index is 13.7. The van der Waals surface area contributed by atoms with E-state index in [0.29, 0.717) is 28.2 Å². The molecule has 1 aliphatic rings. The van der Waals surface area contributed by atoms with Crippen LogP contribution < -0.4 is 14.4 Å². The summed E-state index contributed by atoms with van der Waals surface area (Å²) in [6.07, 6.45) is 1.81. The fourth-order valence-electron chi connectivity index (χ4n) is 5.05. The molecule has 0 radical (unpaired) electrons. The number of carbonyl (C=O) groups excluding carboxylic acids is 2. The highest BCUT2D eigenvalue weighted by molar-refractivity contribution is 9.10. The van der Waals surface area contributed by atoms with Gasteiger partial charge in [-0.3, -0.25) is 14.5 Å². The molecule has 4 heterocycles. The molecular weight excluding hydrogens is 612 g/mol. The summed E-state index contributed by atoms with van der Waals surface area (Å²) in [4.78, 5) is 38.0. The lowest BCUT2D eigenvalue weighted by molar-refractivity contribution is -0.132. The van der Waals surface area contributed by atoms with E-state index < -0.39 is 23.5 Å². The average molecular weight is 635 g/mol. The Labute approximate surface area is 246 Å². The number of ketones is 1. The highest BCUT2D eigenvalue weighted by atomic mass is 79.9. The molecule has 1 saturated heterocycles. The van der Waals surface area contributed by atoms with Crippen molar-refractivity contribution in [1.82, 2.24) is 14.4 Å². The number of phenols is 1. The van der Waals surface area contributed by atoms with E-state index in [4.69, 9.17) is 9.47 Å². The predicted molar refractivity (Wildman–Crippen MR) is 158 cm³/mol. The van der Waals surface area contributed by atoms with E-state index >= 15 is 0 Å². The molecule has 1 atom stereocenters. The van der Waals surface area contributed by atoms with E-state index in [9.17, 15) is 19.8 Å². The molecule has 10 nitrogen and oxygen atoms in total. The molecule has 1 unspecified atom stereocenters. The van der Waals surface area contributed by atoms with Gasteiger partial charge < -0.3 is 24.1 Å². The monoisotopic (exact) mass is 634 g/mol. The molecule has 5 aromatic rings. The van der Waals surface area contributed by atoms with Crippen LogP contribution in [0.1, 0.15) is 28.6 Å². The van der Waals surface area contributed by atoms with Gasteiger partial charge in [-0.15, -0.1) is 0 Å². The number of aliphatic hydroxyl groups is 1. The lowest BCUT2D eigenvalue weighted by atomic mass is 9.96. The molecule has 0 saturated carbocycles. The number of methoxy groups -OCH3 is 2. The summed E-state index contributed by atoms with van der Waals surface area (Å²) < 4.78 is 13.5. The lowest BCUT2D eigenvalue weighted by Gasteiger charge is -2.23. The van der Waals surface area contributed by atoms with Crippen LogP contribution in [0.25, 0.3) is 21.6 Å². The van der Waals surface area contributed by atoms with Crippen LogP contribution in [0.5, 0.6) is 17.2 Å². The number of aromatic hydroxyl groups is 1. The van der Waals surface area contributed by atoms with E-state index in [1.807, 2.05) is 29.7 Å². The molecule has 0 spiro atoms. The van der Waals surface area contributed by atoms with Crippen molar-refractivity contribution in [2.75, 3.05) is 19.1 Å². The Morgan fingerprint density at radius 2 is 1.85 bits per heavy atom. The number of ether oxygens (including phenoxy) is 2. The molecule has 1 aliphatic heterocycles. The fourth-order valence-corrected chi connectivity index (χ4v) is 6.53. The number of Topliss-reactive ketones (excluding diaryl/α,β-unsaturated/α-hetero) is 1. The van der Waals surface area contributed by atoms with Gasteiger partial charge >= 0.3 is 5.91 Å². The molecule has 0 bridgehead atoms. The van der Waals surface area contributed by atoms with E-state index in [-0.39, 0.29) is 32.4 Å². The number of hydrogen-bond donors (Lipinski definition) is 2. The lowest BCUT2D eigenvalue weighted by Crippen LogP contribution is -2.29. The third-order valence-corrected chi connectivity index (χ3v) is 8.75. The van der Waals surface area contributed by atoms with Crippen LogP contribution in [0.3, 0.4) is 0 Å². The third kappa shape index (κ3) is 4.13. The Balaban J connectivity index is 1.62. The first kappa shape index (κ1) is 26.8. The Morgan fingerprint density at radius 3 is 2.56 bits per heavy atom. The van der Waals surface area contributed by atoms with Crippen LogP contribution in [0, 0.1) is 13.8 Å². The number of thiazole rings is 1. The summed E-state index contributed by atoms with van der Waals surface area (Å²) in [7, 11) is 2.95. The standard InChI is InChI=1S/C29H23BrN4O6S/c1-13-6-5-9-33-14(2)22(32-27(13)33)25(36)21-23(15-10-17(30)24(35)19(11-15)40-4)34(28(38)26(21)37)29-31-18-8-7-16(39-3)12-20(18)41-29/h5-12,23,35-36H,1-4H3/b25-21+. The number of hydrogen-bond acceptors (Lipinski definition) is 9. The van der Waals surface area contributed by atoms with Gasteiger partial charge in [0.25, 0.3) is 5.78 Å². The number of fused-ring (bicyclic) bond motifs is 2. The van der Waals surface area contributed by atoms with Gasteiger partial charge in [-0.05, 0) is 77.3 Å². The van der Waals surface area contributed by atoms with Crippen molar-refractivity contribution >= 4 is 65.7 Å². The van der Waals surface area contributed by atoms with Gasteiger partial charge in [0.15, 0.2) is 22.4 Å². The maximum atomic E-state index is 13.7. The zero-order valence-corrected chi connectivity index (χ0v) is 24.7. The van der Waals surface area contributed by atoms with E-state index in [1.165, 1.54) is 29.4 Å². The smallest absolute Gasteiger partial charge is 0.301 e. The van der Waals surface area contributed by atoms with Crippen molar-refractivity contribution in [1.29, 1.82) is 0 Å². The predicted octanol–water partition coefficient (Wildman–Crippen LogP) is 5.67. The van der Waals surface area contributed by atoms with Gasteiger partial charge in [0.1, 0.15) is 17.1 Å². The summed E-state index contributed by atoms with van der Waals surface area (Å²) >= 11 is 4.55. The zero-order valence-electron chi connectivity index (χ0n) is 22.3. The minimum Gasteiger partial charge on any atom is -0.505 e. The molecule has 41 heavy (non-hydrogen) atoms. The van der Waals surface area contributed by atoms with Gasteiger partial charge in [0, 0.05) is 6.20 Å². The Kier molecular flexibility index (Phi) is 6.46. The Morgan fingerprint density at radius 1 is 1.07 bits per heavy atom. The average Bonchev–Trinajstić information content (AvgIpc) is 3.61. The second-order valence-corrected chi connectivity index (χ2v) is 11.3. The molecule has 2 aromatic carbocycles. The molecule has 208 valence electrons. The first-order chi connectivity index (χ1) is 19.6. The highest BCUT2D eigenvalue weighted by Crippen LogP contribution is 2.47. The first-order valence-electron chi connectivity index (χ1n) is 12.4. The number of pyridine rings is 1. The van der Waals surface area contributed by atoms with Crippen LogP contribution in [-0.2, 0) is 9.59 Å². The van der Waals surface area contributed by atoms with Crippen molar-refractivity contribution in [3.8, 4) is 17.2 Å². The van der Waals surface area contributed by atoms with Gasteiger partial charge in [-0.25, -0.2) is 9.97 Å². The van der Waals surface area contributed by atoms with Crippen LogP contribution in [0.15, 0.2) is 58.7 Å². The number of phenolic OH excluding ortho intramolecular Hbond substituents is 1. The van der Waals surface area contributed by atoms with Crippen molar-refractivity contribution in [3.05, 3.63) is 81.2 Å². The van der Waals surface area contributed by atoms with Crippen LogP contribution in [0.4, 0.5) is 5.13 Å². The second-order valence-electron chi connectivity index (χ2n) is 9.48. The number of aromatic nitrogens is 3. The number of amides is 1. The number of halogens is 1. The number of benzene rings is 2. The molecule has 1 fully saturated rings. The Bertz CT molecular complexity index is 1940. The summed E-state index contributed by atoms with van der Waals surface area (Å²) in [5.74, 6) is -1.57. The van der Waals surface area contributed by atoms with Crippen LogP contribution >= 0.6 is 27.3 Å². The summed E-state index contributed by atoms with van der Waals surface area (Å²) in [6.45, 7) is 3.67. The third-order valence-electron chi connectivity index (χ3n) is 7.13. The number of aliphatic hydroxyl groups excluding tert-OH is 1. The Hall–Kier alpha value is -4.42. The summed E-state index contributed by atoms with van der Waals surface area (Å²) in [5.41, 5.74) is 3.14. The number of nitrogens with zero attached hydrogens (tertiary/aromatic N) is 4. The number of anilines is 1. The molecule has 1 amide bonds. The van der Waals surface area contributed by atoms with Gasteiger partial charge in [-0.2, -0.15) is 0 Å². The van der Waals surface area contributed by atoms with Crippen molar-refractivity contribution in [2.24, 2.45) is 0 Å². The van der Waals surface area contributed by atoms with Crippen LogP contribution in [-0.4, -0.2) is 50.5 Å². The van der Waals surface area contributed by atoms with Gasteiger partial charge in [0.05, 0.1) is 46.2 Å². The minimum absolute atomic E-state index is 0.119. The molecule has 12 heteroatoms. The first-order valence-corrected chi connectivity index (χ1v) is 14.0. The van der Waals surface area contributed by atoms with Crippen molar-refractivity contribution in [3.63, 3.8) is 0 Å². The molecular formula is C29H23BrN4O6S. The number of rotatable bonds is 5. The molecule has 3 aromatic heterocycles. The van der Waals surface area contributed by atoms with Crippen molar-refractivity contribution < 1.29 is 29.3 Å². The normalized spacial score (nSPS) is 16.7. The van der Waals surface area contributed by atoms with Gasteiger partial charge in [-0.1, -0.05) is 17.4 Å². The summed E-state index contributed by atoms with van der Waals surface area (Å²) in [6, 6.07) is 11.1. The fraction of sp³-hybridized carbons (Fsp3) is 0.172. The number of imidazole rings is 1. The minimum atomic E-state index is -1.10. The maximum Gasteiger partial charge on any atom is 0.301 e. The SMILES string of the molecule is COc1ccc2nc(N3C(=O)C(=O)/C(=C(/O)c4nc5c(C)cccn5c4C)C3c3cc(Br)c(O)c(OC)c3)sc2c1. The second kappa shape index (κ2) is 9.89. The quantitative estimate of drug-likeness (QED) is 0.144. The zero-order chi connectivity index (χ0) is 29.2. The largest absolute Gasteiger partial charge is 0.505 e. The van der Waals surface area contributed by atoms with E-state index in [0.717, 1.165) is 10.3 Å². The topological polar surface area (TPSA) is 126 Å². The van der Waals surface area contributed by atoms with E-state index in [2.05, 4.69) is 25.9 Å². The molecule has 0 aliphatic carbocycles. The summed E-state index contributed by atoms with van der Waals surface area (Å²) in [5, 5.41) is 22.4. The number of carbonyl (C=O) groups is 2. The molecule has 2 N–H and O–H groups in total. The van der Waals surface area contributed by atoms with Gasteiger partial charge in [0.2, 0.25) is 0 Å².